The molecule has 3 aromatic heterocycles. The molecule has 8 bridgehead atoms. The molecule has 4 nitrogen and oxygen atoms in total. The smallest absolute Gasteiger partial charge is 0.355 e. The van der Waals surface area contributed by atoms with E-state index >= 15 is 0 Å². The first-order valence-electron chi connectivity index (χ1n) is 7.85. The largest absolute Gasteiger partial charge is 2.00 e. The Balaban J connectivity index is 0.00000157. The molecule has 0 fully saturated rings. The maximum atomic E-state index is 4.62. The van der Waals surface area contributed by atoms with E-state index in [9.17, 15) is 0 Å². The third kappa shape index (κ3) is 3.20. The summed E-state index contributed by atoms with van der Waals surface area (Å²) >= 11 is 0. The van der Waals surface area contributed by atoms with E-state index in [2.05, 4.69) is 50.3 Å². The van der Waals surface area contributed by atoms with Crippen molar-refractivity contribution in [3.63, 3.8) is 0 Å². The van der Waals surface area contributed by atoms with Crippen LogP contribution >= 0.6 is 0 Å². The number of aromatic nitrogens is 4. The second-order valence-electron chi connectivity index (χ2n) is 5.91. The summed E-state index contributed by atoms with van der Waals surface area (Å²) in [5.41, 5.74) is 7.86. The van der Waals surface area contributed by atoms with Gasteiger partial charge in [0.05, 0.1) is 22.8 Å². The van der Waals surface area contributed by atoms with E-state index in [0.717, 1.165) is 44.8 Å². The molecule has 0 saturated heterocycles. The van der Waals surface area contributed by atoms with Crippen LogP contribution in [-0.4, -0.2) is 19.9 Å². The maximum Gasteiger partial charge on any atom is 2.00 e. The van der Waals surface area contributed by atoms with Gasteiger partial charge in [-0.05, 0) is 72.8 Å². The predicted molar refractivity (Wildman–Crippen MR) is 98.9 cm³/mol. The van der Waals surface area contributed by atoms with Gasteiger partial charge in [0.15, 0.2) is 0 Å². The molecule has 123 valence electrons. The molecule has 1 radical (unpaired) electrons. The molecule has 2 aliphatic rings. The first-order valence-corrected chi connectivity index (χ1v) is 7.85. The molecule has 0 amide bonds. The molecular formula is C20H14CuN4+2. The van der Waals surface area contributed by atoms with E-state index in [1.165, 1.54) is 0 Å². The molecule has 5 heteroatoms. The molecule has 2 N–H and O–H groups in total. The van der Waals surface area contributed by atoms with Crippen molar-refractivity contribution in [1.82, 2.24) is 19.9 Å². The predicted octanol–water partition coefficient (Wildman–Crippen LogP) is 4.65. The van der Waals surface area contributed by atoms with Gasteiger partial charge in [0.1, 0.15) is 0 Å². The van der Waals surface area contributed by atoms with E-state index in [1.807, 2.05) is 42.5 Å². The first kappa shape index (κ1) is 15.6. The zero-order chi connectivity index (χ0) is 15.9. The van der Waals surface area contributed by atoms with E-state index in [0.29, 0.717) is 0 Å². The van der Waals surface area contributed by atoms with E-state index in [1.54, 1.807) is 0 Å². The maximum absolute atomic E-state index is 4.62. The number of aromatic amines is 2. The first-order chi connectivity index (χ1) is 11.8. The van der Waals surface area contributed by atoms with Crippen LogP contribution in [0.2, 0.25) is 0 Å². The summed E-state index contributed by atoms with van der Waals surface area (Å²) in [6, 6.07) is 16.4. The van der Waals surface area contributed by atoms with Gasteiger partial charge in [-0.2, -0.15) is 0 Å². The van der Waals surface area contributed by atoms with Crippen molar-refractivity contribution >= 4 is 46.4 Å². The molecule has 0 saturated carbocycles. The van der Waals surface area contributed by atoms with Gasteiger partial charge < -0.3 is 9.97 Å². The number of fused-ring (bicyclic) bond motifs is 8. The molecule has 25 heavy (non-hydrogen) atoms. The number of rotatable bonds is 0. The van der Waals surface area contributed by atoms with Gasteiger partial charge in [-0.3, -0.25) is 0 Å². The van der Waals surface area contributed by atoms with Crippen LogP contribution in [0, 0.1) is 0 Å². The molecule has 5 rings (SSSR count). The monoisotopic (exact) mass is 373 g/mol. The Morgan fingerprint density at radius 3 is 1.28 bits per heavy atom. The van der Waals surface area contributed by atoms with Crippen molar-refractivity contribution < 1.29 is 17.1 Å². The fraction of sp³-hybridized carbons (Fsp3) is 0. The zero-order valence-corrected chi connectivity index (χ0v) is 14.1. The Morgan fingerprint density at radius 1 is 0.480 bits per heavy atom. The standard InChI is InChI=1S/C20H14N4.Cu/c1-2-14-10-16-5-6-18(23-16)12-20-8-7-19(24-20)11-17-4-3-15(22-17)9-13(1)21-14;/h1-12,21-22H;/q;+2. The summed E-state index contributed by atoms with van der Waals surface area (Å²) in [6.45, 7) is 0. The summed E-state index contributed by atoms with van der Waals surface area (Å²) < 4.78 is 0. The Labute approximate surface area is 154 Å². The van der Waals surface area contributed by atoms with Crippen LogP contribution in [-0.2, 0) is 17.1 Å². The summed E-state index contributed by atoms with van der Waals surface area (Å²) in [6.07, 6.45) is 8.05. The quantitative estimate of drug-likeness (QED) is 0.388. The number of hydrogen-bond donors (Lipinski definition) is 2. The Bertz CT molecular complexity index is 1080. The van der Waals surface area contributed by atoms with Gasteiger partial charge in [0, 0.05) is 22.1 Å². The second kappa shape index (κ2) is 6.20. The van der Waals surface area contributed by atoms with Gasteiger partial charge in [-0.25, -0.2) is 9.97 Å². The van der Waals surface area contributed by atoms with E-state index in [-0.39, 0.29) is 17.1 Å². The average Bonchev–Trinajstić information content (AvgIpc) is 3.32. The van der Waals surface area contributed by atoms with Gasteiger partial charge in [0.25, 0.3) is 0 Å². The normalized spacial score (nSPS) is 12.2. The summed E-state index contributed by atoms with van der Waals surface area (Å²) in [5, 5.41) is 0. The Morgan fingerprint density at radius 2 is 0.840 bits per heavy atom. The van der Waals surface area contributed by atoms with Crippen molar-refractivity contribution in [2.45, 2.75) is 0 Å². The minimum Gasteiger partial charge on any atom is -0.355 e. The topological polar surface area (TPSA) is 57.4 Å². The number of hydrogen-bond acceptors (Lipinski definition) is 2. The minimum atomic E-state index is 0. The van der Waals surface area contributed by atoms with Crippen LogP contribution in [0.5, 0.6) is 0 Å². The van der Waals surface area contributed by atoms with Gasteiger partial charge >= 0.3 is 17.1 Å². The Hall–Kier alpha value is -2.88. The van der Waals surface area contributed by atoms with Crippen molar-refractivity contribution in [1.29, 1.82) is 0 Å². The fourth-order valence-corrected chi connectivity index (χ4v) is 2.94. The molecule has 0 unspecified atom stereocenters. The molecule has 0 atom stereocenters. The average molecular weight is 374 g/mol. The van der Waals surface area contributed by atoms with E-state index < -0.39 is 0 Å². The Kier molecular flexibility index (Phi) is 3.88. The third-order valence-electron chi connectivity index (χ3n) is 4.04. The van der Waals surface area contributed by atoms with Crippen molar-refractivity contribution in [3.8, 4) is 0 Å². The third-order valence-corrected chi connectivity index (χ3v) is 4.04. The minimum absolute atomic E-state index is 0. The second-order valence-corrected chi connectivity index (χ2v) is 5.91. The summed E-state index contributed by atoms with van der Waals surface area (Å²) in [5.74, 6) is 0. The van der Waals surface area contributed by atoms with Crippen LogP contribution < -0.4 is 0 Å². The van der Waals surface area contributed by atoms with Crippen molar-refractivity contribution in [2.24, 2.45) is 0 Å². The van der Waals surface area contributed by atoms with Gasteiger partial charge in [0.2, 0.25) is 0 Å². The fourth-order valence-electron chi connectivity index (χ4n) is 2.94. The van der Waals surface area contributed by atoms with Crippen LogP contribution in [0.4, 0.5) is 0 Å². The van der Waals surface area contributed by atoms with Crippen LogP contribution in [0.15, 0.2) is 48.5 Å². The molecule has 3 aromatic rings. The van der Waals surface area contributed by atoms with Crippen molar-refractivity contribution in [2.75, 3.05) is 0 Å². The van der Waals surface area contributed by atoms with Gasteiger partial charge in [-0.15, -0.1) is 0 Å². The molecule has 0 aromatic carbocycles. The molecule has 5 heterocycles. The molecular weight excluding hydrogens is 360 g/mol. The van der Waals surface area contributed by atoms with Crippen LogP contribution in [0.3, 0.4) is 0 Å². The summed E-state index contributed by atoms with van der Waals surface area (Å²) in [7, 11) is 0. The number of nitrogens with one attached hydrogen (secondary N) is 2. The van der Waals surface area contributed by atoms with Crippen LogP contribution in [0.25, 0.3) is 46.4 Å². The molecule has 2 aliphatic heterocycles. The number of H-pyrrole nitrogens is 2. The zero-order valence-electron chi connectivity index (χ0n) is 13.1. The van der Waals surface area contributed by atoms with Gasteiger partial charge in [-0.1, -0.05) is 0 Å². The molecule has 0 aliphatic carbocycles. The van der Waals surface area contributed by atoms with E-state index in [4.69, 9.17) is 0 Å². The molecule has 0 spiro atoms. The number of nitrogens with zero attached hydrogens (tertiary/aromatic N) is 2. The summed E-state index contributed by atoms with van der Waals surface area (Å²) in [4.78, 5) is 16.0. The SMILES string of the molecule is C1=Cc2cc3ccc(cc4ccc(cc5nc(cc1n2)C=C5)[nH]4)[nH]3.[Cu+2]. The van der Waals surface area contributed by atoms with Crippen LogP contribution in [0.1, 0.15) is 22.8 Å². The van der Waals surface area contributed by atoms with Crippen molar-refractivity contribution in [3.05, 3.63) is 71.3 Å².